The molecule has 2 aromatic carbocycles. The van der Waals surface area contributed by atoms with Crippen molar-refractivity contribution in [2.24, 2.45) is 0 Å². The molecule has 1 amide bonds. The summed E-state index contributed by atoms with van der Waals surface area (Å²) in [6, 6.07) is 16.8. The van der Waals surface area contributed by atoms with Gasteiger partial charge in [0.15, 0.2) is 0 Å². The van der Waals surface area contributed by atoms with Gasteiger partial charge in [0.25, 0.3) is 0 Å². The summed E-state index contributed by atoms with van der Waals surface area (Å²) >= 11 is 1.69. The van der Waals surface area contributed by atoms with Gasteiger partial charge in [0.2, 0.25) is 5.91 Å². The highest BCUT2D eigenvalue weighted by Gasteiger charge is 2.34. The average molecular weight is 370 g/mol. The number of nitrogens with zero attached hydrogens (tertiary/aromatic N) is 3. The Hall–Kier alpha value is -2.14. The van der Waals surface area contributed by atoms with Crippen LogP contribution in [0.2, 0.25) is 0 Å². The fourth-order valence-corrected chi connectivity index (χ4v) is 4.48. The van der Waals surface area contributed by atoms with E-state index in [0.29, 0.717) is 5.75 Å². The molecule has 2 aromatic rings. The standard InChI is InChI=1S/C21H27N3OS/c1-5-23(6-2)18-11-13-19(14-12-18)24-20(25)15-26-21(24)16-7-9-17(10-8-16)22(3)4/h7-14,21H,5-6,15H2,1-4H3/t21-/m0/s1. The molecule has 5 heteroatoms. The number of thioether (sulfide) groups is 1. The quantitative estimate of drug-likeness (QED) is 0.755. The molecule has 0 aliphatic carbocycles. The molecule has 0 spiro atoms. The molecule has 138 valence electrons. The third-order valence-corrected chi connectivity index (χ3v) is 6.03. The second-order valence-corrected chi connectivity index (χ2v) is 7.67. The van der Waals surface area contributed by atoms with Gasteiger partial charge in [-0.25, -0.2) is 0 Å². The highest BCUT2D eigenvalue weighted by Crippen LogP contribution is 2.42. The second kappa shape index (κ2) is 8.04. The minimum Gasteiger partial charge on any atom is -0.378 e. The van der Waals surface area contributed by atoms with Crippen LogP contribution in [0, 0.1) is 0 Å². The van der Waals surface area contributed by atoms with Gasteiger partial charge in [-0.2, -0.15) is 0 Å². The van der Waals surface area contributed by atoms with Gasteiger partial charge in [-0.05, 0) is 55.8 Å². The lowest BCUT2D eigenvalue weighted by atomic mass is 10.1. The van der Waals surface area contributed by atoms with Crippen LogP contribution >= 0.6 is 11.8 Å². The Kier molecular flexibility index (Phi) is 5.77. The third-order valence-electron chi connectivity index (χ3n) is 4.82. The van der Waals surface area contributed by atoms with Crippen molar-refractivity contribution in [3.05, 3.63) is 54.1 Å². The lowest BCUT2D eigenvalue weighted by molar-refractivity contribution is -0.115. The van der Waals surface area contributed by atoms with Gasteiger partial charge in [-0.15, -0.1) is 11.8 Å². The van der Waals surface area contributed by atoms with Crippen LogP contribution in [0.15, 0.2) is 48.5 Å². The first-order chi connectivity index (χ1) is 12.5. The minimum absolute atomic E-state index is 0.0398. The van der Waals surface area contributed by atoms with Gasteiger partial charge in [0.1, 0.15) is 5.37 Å². The first-order valence-corrected chi connectivity index (χ1v) is 10.2. The Bertz CT molecular complexity index is 739. The van der Waals surface area contributed by atoms with E-state index in [9.17, 15) is 4.79 Å². The molecule has 4 nitrogen and oxygen atoms in total. The summed E-state index contributed by atoms with van der Waals surface area (Å²) in [5.74, 6) is 0.699. The molecule has 0 bridgehead atoms. The van der Waals surface area contributed by atoms with E-state index in [1.165, 1.54) is 11.3 Å². The first kappa shape index (κ1) is 18.6. The maximum absolute atomic E-state index is 12.6. The molecule has 0 saturated carbocycles. The normalized spacial score (nSPS) is 16.8. The summed E-state index contributed by atoms with van der Waals surface area (Å²) in [5.41, 5.74) is 4.50. The molecule has 1 fully saturated rings. The average Bonchev–Trinajstić information content (AvgIpc) is 3.05. The number of anilines is 3. The van der Waals surface area contributed by atoms with E-state index in [4.69, 9.17) is 0 Å². The minimum atomic E-state index is 0.0398. The molecule has 0 radical (unpaired) electrons. The van der Waals surface area contributed by atoms with Crippen LogP contribution in [0.4, 0.5) is 17.1 Å². The molecule has 1 atom stereocenters. The number of carbonyl (C=O) groups excluding carboxylic acids is 1. The van der Waals surface area contributed by atoms with Gasteiger partial charge in [-0.1, -0.05) is 12.1 Å². The maximum Gasteiger partial charge on any atom is 0.238 e. The number of benzene rings is 2. The van der Waals surface area contributed by atoms with Gasteiger partial charge in [0, 0.05) is 44.2 Å². The van der Waals surface area contributed by atoms with Crippen molar-refractivity contribution in [2.45, 2.75) is 19.2 Å². The molecule has 0 aromatic heterocycles. The molecular weight excluding hydrogens is 342 g/mol. The Morgan fingerprint density at radius 2 is 1.54 bits per heavy atom. The van der Waals surface area contributed by atoms with Crippen molar-refractivity contribution < 1.29 is 4.79 Å². The first-order valence-electron chi connectivity index (χ1n) is 9.11. The predicted octanol–water partition coefficient (Wildman–Crippen LogP) is 4.38. The van der Waals surface area contributed by atoms with Gasteiger partial charge >= 0.3 is 0 Å². The summed E-state index contributed by atoms with van der Waals surface area (Å²) in [7, 11) is 4.07. The van der Waals surface area contributed by atoms with Gasteiger partial charge in [0.05, 0.1) is 5.75 Å². The lowest BCUT2D eigenvalue weighted by Crippen LogP contribution is -2.28. The SMILES string of the molecule is CCN(CC)c1ccc(N2C(=O)CS[C@H]2c2ccc(N(C)C)cc2)cc1. The predicted molar refractivity (Wildman–Crippen MR) is 113 cm³/mol. The highest BCUT2D eigenvalue weighted by molar-refractivity contribution is 8.00. The monoisotopic (exact) mass is 369 g/mol. The van der Waals surface area contributed by atoms with Crippen LogP contribution in [0.3, 0.4) is 0 Å². The van der Waals surface area contributed by atoms with Crippen LogP contribution in [-0.4, -0.2) is 38.8 Å². The van der Waals surface area contributed by atoms with Crippen molar-refractivity contribution in [1.29, 1.82) is 0 Å². The van der Waals surface area contributed by atoms with Gasteiger partial charge < -0.3 is 9.80 Å². The molecular formula is C21H27N3OS. The molecule has 26 heavy (non-hydrogen) atoms. The molecule has 0 N–H and O–H groups in total. The summed E-state index contributed by atoms with van der Waals surface area (Å²) in [6.45, 7) is 6.28. The maximum atomic E-state index is 12.6. The number of amides is 1. The summed E-state index contributed by atoms with van der Waals surface area (Å²) in [6.07, 6.45) is 0. The van der Waals surface area contributed by atoms with E-state index in [-0.39, 0.29) is 11.3 Å². The molecule has 1 saturated heterocycles. The van der Waals surface area contributed by atoms with Crippen LogP contribution in [0.5, 0.6) is 0 Å². The van der Waals surface area contributed by atoms with E-state index in [1.54, 1.807) is 11.8 Å². The number of rotatable bonds is 6. The van der Waals surface area contributed by atoms with Crippen molar-refractivity contribution in [3.8, 4) is 0 Å². The summed E-state index contributed by atoms with van der Waals surface area (Å²) < 4.78 is 0. The van der Waals surface area contributed by atoms with Crippen molar-refractivity contribution in [1.82, 2.24) is 0 Å². The van der Waals surface area contributed by atoms with E-state index in [0.717, 1.165) is 24.5 Å². The summed E-state index contributed by atoms with van der Waals surface area (Å²) in [5, 5.41) is 0.0398. The van der Waals surface area contributed by atoms with Crippen molar-refractivity contribution in [3.63, 3.8) is 0 Å². The van der Waals surface area contributed by atoms with Crippen LogP contribution in [-0.2, 0) is 4.79 Å². The fourth-order valence-electron chi connectivity index (χ4n) is 3.30. The zero-order valence-electron chi connectivity index (χ0n) is 16.0. The zero-order valence-corrected chi connectivity index (χ0v) is 16.8. The Labute approximate surface area is 160 Å². The Balaban J connectivity index is 1.86. The molecule has 1 heterocycles. The van der Waals surface area contributed by atoms with Crippen LogP contribution < -0.4 is 14.7 Å². The van der Waals surface area contributed by atoms with E-state index in [2.05, 4.69) is 72.2 Å². The van der Waals surface area contributed by atoms with Crippen LogP contribution in [0.25, 0.3) is 0 Å². The van der Waals surface area contributed by atoms with Crippen molar-refractivity contribution in [2.75, 3.05) is 47.6 Å². The highest BCUT2D eigenvalue weighted by atomic mass is 32.2. The Morgan fingerprint density at radius 1 is 0.962 bits per heavy atom. The molecule has 3 rings (SSSR count). The molecule has 1 aliphatic heterocycles. The van der Waals surface area contributed by atoms with E-state index >= 15 is 0 Å². The molecule has 0 unspecified atom stereocenters. The zero-order chi connectivity index (χ0) is 18.7. The number of hydrogen-bond donors (Lipinski definition) is 0. The van der Waals surface area contributed by atoms with E-state index in [1.807, 2.05) is 19.0 Å². The number of carbonyl (C=O) groups is 1. The summed E-state index contributed by atoms with van der Waals surface area (Å²) in [4.78, 5) is 18.9. The topological polar surface area (TPSA) is 26.8 Å². The smallest absolute Gasteiger partial charge is 0.238 e. The van der Waals surface area contributed by atoms with Crippen molar-refractivity contribution >= 4 is 34.7 Å². The Morgan fingerprint density at radius 3 is 2.08 bits per heavy atom. The lowest BCUT2D eigenvalue weighted by Gasteiger charge is -2.26. The van der Waals surface area contributed by atoms with E-state index < -0.39 is 0 Å². The third kappa shape index (κ3) is 3.68. The van der Waals surface area contributed by atoms with Crippen LogP contribution in [0.1, 0.15) is 24.8 Å². The largest absolute Gasteiger partial charge is 0.378 e. The molecule has 1 aliphatic rings. The van der Waals surface area contributed by atoms with Gasteiger partial charge in [-0.3, -0.25) is 9.69 Å². The number of hydrogen-bond acceptors (Lipinski definition) is 4. The fraction of sp³-hybridized carbons (Fsp3) is 0.381. The second-order valence-electron chi connectivity index (χ2n) is 6.60.